The molecular formula is C80H76BN3. The predicted molar refractivity (Wildman–Crippen MR) is 359 cm³/mol. The fourth-order valence-corrected chi connectivity index (χ4v) is 16.0. The Morgan fingerprint density at radius 3 is 1.45 bits per heavy atom. The Labute approximate surface area is 499 Å². The summed E-state index contributed by atoms with van der Waals surface area (Å²) in [6, 6.07) is 86.4. The summed E-state index contributed by atoms with van der Waals surface area (Å²) in [5.41, 5.74) is 29.2. The van der Waals surface area contributed by atoms with Crippen LogP contribution in [0.2, 0.25) is 0 Å². The summed E-state index contributed by atoms with van der Waals surface area (Å²) in [5, 5.41) is 0. The Morgan fingerprint density at radius 2 is 0.845 bits per heavy atom. The van der Waals surface area contributed by atoms with Crippen molar-refractivity contribution in [3.63, 3.8) is 0 Å². The summed E-state index contributed by atoms with van der Waals surface area (Å²) >= 11 is 0. The minimum Gasteiger partial charge on any atom is -0.334 e. The number of anilines is 8. The molecule has 0 aromatic heterocycles. The Kier molecular flexibility index (Phi) is 11.9. The van der Waals surface area contributed by atoms with Crippen molar-refractivity contribution >= 4 is 68.6 Å². The highest BCUT2D eigenvalue weighted by atomic mass is 15.3. The lowest BCUT2D eigenvalue weighted by atomic mass is 9.33. The molecule has 5 aliphatic rings. The first-order valence-electron chi connectivity index (χ1n) is 31.0. The number of hydrogen-bond donors (Lipinski definition) is 0. The molecule has 2 aliphatic carbocycles. The normalized spacial score (nSPS) is 19.6. The average molecular weight is 1090 g/mol. The zero-order valence-electron chi connectivity index (χ0n) is 50.5. The summed E-state index contributed by atoms with van der Waals surface area (Å²) in [6.07, 6.45) is 6.92. The van der Waals surface area contributed by atoms with Crippen molar-refractivity contribution in [2.45, 2.75) is 128 Å². The van der Waals surface area contributed by atoms with Crippen LogP contribution in [0.5, 0.6) is 0 Å². The third-order valence-corrected chi connectivity index (χ3v) is 21.0. The molecule has 1 saturated carbocycles. The summed E-state index contributed by atoms with van der Waals surface area (Å²) < 4.78 is 0. The number of benzene rings is 10. The lowest BCUT2D eigenvalue weighted by molar-refractivity contribution is 0.195. The number of rotatable bonds is 7. The number of fused-ring (bicyclic) bond motifs is 8. The van der Waals surface area contributed by atoms with E-state index < -0.39 is 0 Å². The number of nitrogens with zero attached hydrogens (tertiary/aromatic N) is 3. The van der Waals surface area contributed by atoms with E-state index >= 15 is 0 Å². The number of hydrogen-bond acceptors (Lipinski definition) is 3. The third kappa shape index (κ3) is 8.06. The first-order valence-corrected chi connectivity index (χ1v) is 31.0. The Morgan fingerprint density at radius 1 is 0.357 bits per heavy atom. The van der Waals surface area contributed by atoms with Crippen LogP contribution in [0, 0.1) is 0 Å². The van der Waals surface area contributed by atoms with Gasteiger partial charge in [-0.3, -0.25) is 0 Å². The van der Waals surface area contributed by atoms with Crippen LogP contribution in [0.15, 0.2) is 224 Å². The molecule has 0 saturated heterocycles. The Bertz CT molecular complexity index is 4220. The van der Waals surface area contributed by atoms with E-state index in [0.717, 1.165) is 31.4 Å². The lowest BCUT2D eigenvalue weighted by Crippen LogP contribution is -2.62. The lowest BCUT2D eigenvalue weighted by Gasteiger charge is -2.51. The molecule has 414 valence electrons. The molecule has 15 rings (SSSR count). The Hall–Kier alpha value is -8.34. The standard InChI is InChI=1S/C80H76BN3/c1-76(2,3)60-36-41-69(63(48-60)57-30-20-13-21-31-57)83-72-52-65-64(77(4,5)44-45-78(65,6)7)51-68(72)81-67-47-59(55-28-18-12-19-29-55)35-40-71(67)82(61-37-32-56(33-38-61)53-24-14-10-15-25-53)73-49-62(50-74(83)75(73)81)84-70-39-34-58(54-26-16-11-17-27-54)46-66(70)79(8)42-22-23-43-80(79,84)9/h10-21,24-41,46-52H,22-23,42-45H2,1-9H3. The van der Waals surface area contributed by atoms with Crippen molar-refractivity contribution in [3.05, 3.63) is 247 Å². The van der Waals surface area contributed by atoms with Gasteiger partial charge in [-0.15, -0.1) is 0 Å². The quantitative estimate of drug-likeness (QED) is 0.147. The van der Waals surface area contributed by atoms with Gasteiger partial charge in [-0.2, -0.15) is 0 Å². The van der Waals surface area contributed by atoms with E-state index in [1.165, 1.54) is 136 Å². The first-order chi connectivity index (χ1) is 40.5. The van der Waals surface area contributed by atoms with E-state index in [2.05, 4.69) is 301 Å². The summed E-state index contributed by atoms with van der Waals surface area (Å²) in [4.78, 5) is 8.23. The van der Waals surface area contributed by atoms with Crippen LogP contribution in [-0.4, -0.2) is 12.3 Å². The molecule has 0 bridgehead atoms. The minimum atomic E-state index is -0.210. The molecule has 0 N–H and O–H groups in total. The van der Waals surface area contributed by atoms with E-state index in [1.807, 2.05) is 0 Å². The fourth-order valence-electron chi connectivity index (χ4n) is 16.0. The molecule has 3 aliphatic heterocycles. The molecule has 84 heavy (non-hydrogen) atoms. The molecule has 0 amide bonds. The monoisotopic (exact) mass is 1090 g/mol. The van der Waals surface area contributed by atoms with Crippen LogP contribution in [-0.2, 0) is 21.7 Å². The fraction of sp³-hybridized carbons (Fsp3) is 0.250. The largest absolute Gasteiger partial charge is 0.334 e. The maximum Gasteiger partial charge on any atom is 0.252 e. The van der Waals surface area contributed by atoms with Gasteiger partial charge in [0.25, 0.3) is 6.71 Å². The summed E-state index contributed by atoms with van der Waals surface area (Å²) in [5.74, 6) is 0. The zero-order valence-corrected chi connectivity index (χ0v) is 50.5. The molecule has 0 radical (unpaired) electrons. The van der Waals surface area contributed by atoms with Crippen molar-refractivity contribution in [2.75, 3.05) is 14.7 Å². The van der Waals surface area contributed by atoms with Crippen LogP contribution in [0.25, 0.3) is 44.5 Å². The highest BCUT2D eigenvalue weighted by Gasteiger charge is 2.58. The van der Waals surface area contributed by atoms with Gasteiger partial charge in [0.05, 0.1) is 11.2 Å². The van der Waals surface area contributed by atoms with Crippen LogP contribution in [0.3, 0.4) is 0 Å². The molecular weight excluding hydrogens is 1010 g/mol. The van der Waals surface area contributed by atoms with E-state index in [0.29, 0.717) is 0 Å². The van der Waals surface area contributed by atoms with Gasteiger partial charge < -0.3 is 14.7 Å². The van der Waals surface area contributed by atoms with E-state index in [9.17, 15) is 0 Å². The molecule has 2 atom stereocenters. The maximum atomic E-state index is 2.83. The van der Waals surface area contributed by atoms with Gasteiger partial charge in [0.2, 0.25) is 0 Å². The Balaban J connectivity index is 1.08. The van der Waals surface area contributed by atoms with Crippen molar-refractivity contribution in [3.8, 4) is 44.5 Å². The van der Waals surface area contributed by atoms with Gasteiger partial charge in [-0.1, -0.05) is 232 Å². The molecule has 0 spiro atoms. The third-order valence-electron chi connectivity index (χ3n) is 21.0. The van der Waals surface area contributed by atoms with Crippen LogP contribution in [0.4, 0.5) is 45.5 Å². The molecule has 3 nitrogen and oxygen atoms in total. The second-order valence-electron chi connectivity index (χ2n) is 27.9. The smallest absolute Gasteiger partial charge is 0.252 e. The van der Waals surface area contributed by atoms with Gasteiger partial charge >= 0.3 is 0 Å². The summed E-state index contributed by atoms with van der Waals surface area (Å²) in [6.45, 7) is 22.2. The van der Waals surface area contributed by atoms with Gasteiger partial charge in [-0.25, -0.2) is 0 Å². The summed E-state index contributed by atoms with van der Waals surface area (Å²) in [7, 11) is 0. The highest BCUT2D eigenvalue weighted by molar-refractivity contribution is 7.00. The average Bonchev–Trinajstić information content (AvgIpc) is 1.19. The molecule has 3 heterocycles. The predicted octanol–water partition coefficient (Wildman–Crippen LogP) is 19.8. The van der Waals surface area contributed by atoms with Crippen LogP contribution < -0.4 is 31.1 Å². The van der Waals surface area contributed by atoms with Crippen molar-refractivity contribution < 1.29 is 0 Å². The maximum absolute atomic E-state index is 2.83. The molecule has 10 aromatic rings. The van der Waals surface area contributed by atoms with E-state index in [-0.39, 0.29) is 33.9 Å². The van der Waals surface area contributed by atoms with Gasteiger partial charge in [0.15, 0.2) is 0 Å². The highest BCUT2D eigenvalue weighted by Crippen LogP contribution is 2.63. The topological polar surface area (TPSA) is 9.72 Å². The molecule has 4 heteroatoms. The SMILES string of the molecule is CC(C)(C)c1ccc(N2c3cc4c(cc3B3c5cc(-c6ccccc6)ccc5N(c5ccc(-c6ccccc6)cc5)c5cc(N6c7ccc(-c8ccccc8)cc7C7(C)CCCCC67C)cc2c53)C(C)(C)CCC4(C)C)c(-c2ccccc2)c1. The molecule has 2 unspecified atom stereocenters. The van der Waals surface area contributed by atoms with Crippen molar-refractivity contribution in [1.29, 1.82) is 0 Å². The van der Waals surface area contributed by atoms with E-state index in [1.54, 1.807) is 0 Å². The van der Waals surface area contributed by atoms with Gasteiger partial charge in [-0.05, 0) is 187 Å². The van der Waals surface area contributed by atoms with Gasteiger partial charge in [0, 0.05) is 50.8 Å². The molecule has 1 fully saturated rings. The second-order valence-corrected chi connectivity index (χ2v) is 27.9. The first kappa shape index (κ1) is 52.5. The van der Waals surface area contributed by atoms with E-state index in [4.69, 9.17) is 0 Å². The van der Waals surface area contributed by atoms with Crippen molar-refractivity contribution in [2.24, 2.45) is 0 Å². The molecule has 10 aromatic carbocycles. The van der Waals surface area contributed by atoms with Gasteiger partial charge in [0.1, 0.15) is 0 Å². The second kappa shape index (κ2) is 19.1. The minimum absolute atomic E-state index is 0.0111. The van der Waals surface area contributed by atoms with Crippen LogP contribution in [0.1, 0.15) is 123 Å². The zero-order chi connectivity index (χ0) is 57.5. The van der Waals surface area contributed by atoms with Crippen molar-refractivity contribution in [1.82, 2.24) is 0 Å². The van der Waals surface area contributed by atoms with Crippen LogP contribution >= 0.6 is 0 Å².